The zero-order chi connectivity index (χ0) is 16.4. The summed E-state index contributed by atoms with van der Waals surface area (Å²) in [5.41, 5.74) is 0. The van der Waals surface area contributed by atoms with E-state index in [2.05, 4.69) is 25.9 Å². The van der Waals surface area contributed by atoms with Crippen LogP contribution in [0.5, 0.6) is 6.01 Å². The molecule has 1 aliphatic rings. The van der Waals surface area contributed by atoms with E-state index >= 15 is 0 Å². The molecule has 10 heteroatoms. The summed E-state index contributed by atoms with van der Waals surface area (Å²) in [6.45, 7) is 0.767. The maximum atomic E-state index is 12.7. The molecule has 0 radical (unpaired) electrons. The molecule has 6 nitrogen and oxygen atoms in total. The maximum Gasteiger partial charge on any atom is 0.316 e. The van der Waals surface area contributed by atoms with Crippen LogP contribution in [0, 0.1) is 0 Å². The van der Waals surface area contributed by atoms with E-state index in [1.54, 1.807) is 12.1 Å². The predicted octanol–water partition coefficient (Wildman–Crippen LogP) is 3.19. The highest BCUT2D eigenvalue weighted by Gasteiger charge is 2.32. The van der Waals surface area contributed by atoms with Gasteiger partial charge in [0.05, 0.1) is 27.7 Å². The number of hydrogen-bond donors (Lipinski definition) is 0. The number of thiophene rings is 1. The Bertz CT molecular complexity index is 782. The van der Waals surface area contributed by atoms with Gasteiger partial charge in [0.2, 0.25) is 0 Å². The van der Waals surface area contributed by atoms with Gasteiger partial charge in [-0.1, -0.05) is 11.6 Å². The Morgan fingerprint density at radius 1 is 1.35 bits per heavy atom. The molecule has 0 bridgehead atoms. The van der Waals surface area contributed by atoms with Crippen molar-refractivity contribution in [3.05, 3.63) is 33.3 Å². The van der Waals surface area contributed by atoms with Gasteiger partial charge in [-0.15, -0.1) is 11.3 Å². The molecule has 124 valence electrons. The summed E-state index contributed by atoms with van der Waals surface area (Å²) in [4.78, 5) is 7.97. The third kappa shape index (κ3) is 4.03. The fraction of sp³-hybridized carbons (Fsp3) is 0.385. The molecule has 3 heterocycles. The lowest BCUT2D eigenvalue weighted by atomic mass is 10.1. The predicted molar refractivity (Wildman–Crippen MR) is 91.5 cm³/mol. The molecule has 0 saturated carbocycles. The second-order valence-electron chi connectivity index (χ2n) is 4.99. The van der Waals surface area contributed by atoms with E-state index in [1.807, 2.05) is 0 Å². The van der Waals surface area contributed by atoms with Crippen LogP contribution < -0.4 is 4.74 Å². The Kier molecular flexibility index (Phi) is 5.22. The average Bonchev–Trinajstić information content (AvgIpc) is 2.97. The van der Waals surface area contributed by atoms with Crippen molar-refractivity contribution in [3.63, 3.8) is 0 Å². The van der Waals surface area contributed by atoms with Gasteiger partial charge in [-0.25, -0.2) is 18.4 Å². The van der Waals surface area contributed by atoms with E-state index in [4.69, 9.17) is 16.3 Å². The molecule has 2 aromatic heterocycles. The monoisotopic (exact) mass is 437 g/mol. The summed E-state index contributed by atoms with van der Waals surface area (Å²) in [7, 11) is -3.49. The lowest BCUT2D eigenvalue weighted by Crippen LogP contribution is -2.44. The van der Waals surface area contributed by atoms with Crippen LogP contribution in [0.15, 0.2) is 32.5 Å². The van der Waals surface area contributed by atoms with Gasteiger partial charge in [0.1, 0.15) is 10.3 Å². The van der Waals surface area contributed by atoms with Gasteiger partial charge < -0.3 is 4.74 Å². The Morgan fingerprint density at radius 2 is 2.09 bits per heavy atom. The number of nitrogens with zero attached hydrogens (tertiary/aromatic N) is 3. The van der Waals surface area contributed by atoms with Crippen molar-refractivity contribution in [3.8, 4) is 6.01 Å². The summed E-state index contributed by atoms with van der Waals surface area (Å²) in [6.07, 6.45) is 4.11. The third-order valence-electron chi connectivity index (χ3n) is 3.35. The van der Waals surface area contributed by atoms with Gasteiger partial charge in [-0.2, -0.15) is 4.31 Å². The molecule has 0 amide bonds. The standard InChI is InChI=1S/C13H13BrClN3O3S2/c14-11-3-4-12(22-11)23(19,20)18-5-1-2-10(8-18)21-13-16-6-9(15)7-17-13/h3-4,6-7,10H,1-2,5,8H2/t10-/m1/s1. The van der Waals surface area contributed by atoms with Crippen molar-refractivity contribution in [2.45, 2.75) is 23.2 Å². The first kappa shape index (κ1) is 17.1. The molecule has 2 aromatic rings. The highest BCUT2D eigenvalue weighted by Crippen LogP contribution is 2.30. The fourth-order valence-corrected chi connectivity index (χ4v) is 6.07. The van der Waals surface area contributed by atoms with Crippen LogP contribution in [0.2, 0.25) is 5.02 Å². The zero-order valence-electron chi connectivity index (χ0n) is 11.9. The lowest BCUT2D eigenvalue weighted by molar-refractivity contribution is 0.119. The summed E-state index contributed by atoms with van der Waals surface area (Å²) >= 11 is 10.2. The van der Waals surface area contributed by atoms with Crippen LogP contribution in [-0.4, -0.2) is 41.9 Å². The first-order chi connectivity index (χ1) is 10.9. The van der Waals surface area contributed by atoms with E-state index in [0.29, 0.717) is 15.8 Å². The van der Waals surface area contributed by atoms with Gasteiger partial charge in [-0.3, -0.25) is 0 Å². The minimum absolute atomic E-state index is 0.206. The molecule has 0 aromatic carbocycles. The maximum absolute atomic E-state index is 12.7. The normalized spacial score (nSPS) is 19.7. The molecule has 0 N–H and O–H groups in total. The number of piperidine rings is 1. The number of ether oxygens (including phenoxy) is 1. The van der Waals surface area contributed by atoms with Gasteiger partial charge in [-0.05, 0) is 40.9 Å². The number of sulfonamides is 1. The lowest BCUT2D eigenvalue weighted by Gasteiger charge is -2.31. The summed E-state index contributed by atoms with van der Waals surface area (Å²) in [5.74, 6) is 0. The molecule has 1 saturated heterocycles. The van der Waals surface area contributed by atoms with E-state index < -0.39 is 10.0 Å². The topological polar surface area (TPSA) is 72.4 Å². The molecule has 0 aliphatic carbocycles. The smallest absolute Gasteiger partial charge is 0.316 e. The molecular weight excluding hydrogens is 426 g/mol. The van der Waals surface area contributed by atoms with Crippen molar-refractivity contribution in [1.82, 2.24) is 14.3 Å². The number of halogens is 2. The van der Waals surface area contributed by atoms with Crippen LogP contribution in [0.3, 0.4) is 0 Å². The number of aromatic nitrogens is 2. The molecule has 1 fully saturated rings. The van der Waals surface area contributed by atoms with Crippen LogP contribution >= 0.6 is 38.9 Å². The Labute approximate surface area is 151 Å². The van der Waals surface area contributed by atoms with E-state index in [-0.39, 0.29) is 18.7 Å². The molecular formula is C13H13BrClN3O3S2. The van der Waals surface area contributed by atoms with Gasteiger partial charge in [0, 0.05) is 6.54 Å². The molecule has 3 rings (SSSR count). The summed E-state index contributed by atoms with van der Waals surface area (Å²) < 4.78 is 33.6. The zero-order valence-corrected chi connectivity index (χ0v) is 15.8. The van der Waals surface area contributed by atoms with Crippen molar-refractivity contribution in [2.75, 3.05) is 13.1 Å². The number of hydrogen-bond acceptors (Lipinski definition) is 6. The summed E-state index contributed by atoms with van der Waals surface area (Å²) in [5, 5.41) is 0.425. The Morgan fingerprint density at radius 3 is 2.74 bits per heavy atom. The fourth-order valence-electron chi connectivity index (χ4n) is 2.29. The van der Waals surface area contributed by atoms with Gasteiger partial charge >= 0.3 is 6.01 Å². The Hall–Kier alpha value is -0.740. The molecule has 1 aliphatic heterocycles. The third-order valence-corrected chi connectivity index (χ3v) is 7.50. The van der Waals surface area contributed by atoms with Crippen LogP contribution in [-0.2, 0) is 10.0 Å². The molecule has 23 heavy (non-hydrogen) atoms. The van der Waals surface area contributed by atoms with E-state index in [1.165, 1.54) is 28.0 Å². The first-order valence-electron chi connectivity index (χ1n) is 6.85. The van der Waals surface area contributed by atoms with Crippen LogP contribution in [0.1, 0.15) is 12.8 Å². The minimum atomic E-state index is -3.49. The van der Waals surface area contributed by atoms with Crippen LogP contribution in [0.4, 0.5) is 0 Å². The average molecular weight is 439 g/mol. The van der Waals surface area contributed by atoms with Crippen molar-refractivity contribution in [2.24, 2.45) is 0 Å². The Balaban J connectivity index is 1.71. The first-order valence-corrected chi connectivity index (χ1v) is 10.3. The van der Waals surface area contributed by atoms with Gasteiger partial charge in [0.25, 0.3) is 10.0 Å². The van der Waals surface area contributed by atoms with Crippen molar-refractivity contribution in [1.29, 1.82) is 0 Å². The molecule has 0 spiro atoms. The SMILES string of the molecule is O=S(=O)(c1ccc(Br)s1)N1CCC[C@@H](Oc2ncc(Cl)cn2)C1. The number of rotatable bonds is 4. The second-order valence-corrected chi connectivity index (χ2v) is 10.1. The second kappa shape index (κ2) is 7.02. The molecule has 0 unspecified atom stereocenters. The minimum Gasteiger partial charge on any atom is -0.459 e. The summed E-state index contributed by atoms with van der Waals surface area (Å²) in [6, 6.07) is 3.55. The van der Waals surface area contributed by atoms with Gasteiger partial charge in [0.15, 0.2) is 0 Å². The molecule has 1 atom stereocenters. The van der Waals surface area contributed by atoms with Crippen molar-refractivity contribution >= 4 is 48.9 Å². The van der Waals surface area contributed by atoms with E-state index in [0.717, 1.165) is 16.6 Å². The largest absolute Gasteiger partial charge is 0.459 e. The highest BCUT2D eigenvalue weighted by molar-refractivity contribution is 9.11. The quantitative estimate of drug-likeness (QED) is 0.733. The highest BCUT2D eigenvalue weighted by atomic mass is 79.9. The van der Waals surface area contributed by atoms with Crippen molar-refractivity contribution < 1.29 is 13.2 Å². The van der Waals surface area contributed by atoms with E-state index in [9.17, 15) is 8.42 Å². The van der Waals surface area contributed by atoms with Crippen LogP contribution in [0.25, 0.3) is 0 Å².